The maximum absolute atomic E-state index is 11.5. The van der Waals surface area contributed by atoms with Crippen molar-refractivity contribution in [3.8, 4) is 0 Å². The fourth-order valence-corrected chi connectivity index (χ4v) is 3.78. The van der Waals surface area contributed by atoms with Gasteiger partial charge in [-0.15, -0.1) is 11.8 Å². The second-order valence-corrected chi connectivity index (χ2v) is 7.26. The van der Waals surface area contributed by atoms with E-state index >= 15 is 0 Å². The van der Waals surface area contributed by atoms with Gasteiger partial charge >= 0.3 is 0 Å². The predicted octanol–water partition coefficient (Wildman–Crippen LogP) is 3.35. The van der Waals surface area contributed by atoms with Gasteiger partial charge < -0.3 is 15.4 Å². The van der Waals surface area contributed by atoms with Crippen molar-refractivity contribution in [2.45, 2.75) is 44.2 Å². The van der Waals surface area contributed by atoms with Crippen LogP contribution in [0.3, 0.4) is 0 Å². The number of carbonyl (C=O) groups is 1. The van der Waals surface area contributed by atoms with Gasteiger partial charge in [-0.05, 0) is 31.5 Å². The van der Waals surface area contributed by atoms with Crippen LogP contribution < -0.4 is 10.6 Å². The molecule has 1 saturated carbocycles. The topological polar surface area (TPSA) is 50.4 Å². The van der Waals surface area contributed by atoms with Gasteiger partial charge in [0.2, 0.25) is 5.91 Å². The van der Waals surface area contributed by atoms with E-state index in [0.29, 0.717) is 17.9 Å². The van der Waals surface area contributed by atoms with E-state index in [0.717, 1.165) is 29.3 Å². The lowest BCUT2D eigenvalue weighted by Crippen LogP contribution is -2.58. The lowest BCUT2D eigenvalue weighted by atomic mass is 9.64. The average molecular weight is 306 g/mol. The summed E-state index contributed by atoms with van der Waals surface area (Å²) in [5.74, 6) is 0.580. The average Bonchev–Trinajstić information content (AvgIpc) is 2.46. The van der Waals surface area contributed by atoms with E-state index in [-0.39, 0.29) is 11.3 Å². The summed E-state index contributed by atoms with van der Waals surface area (Å²) in [5.41, 5.74) is 2.11. The lowest BCUT2D eigenvalue weighted by Gasteiger charge is -2.52. The van der Waals surface area contributed by atoms with Gasteiger partial charge in [-0.25, -0.2) is 0 Å². The predicted molar refractivity (Wildman–Crippen MR) is 87.0 cm³/mol. The van der Waals surface area contributed by atoms with Crippen molar-refractivity contribution in [3.63, 3.8) is 0 Å². The molecule has 114 valence electrons. The molecule has 0 saturated heterocycles. The number of anilines is 2. The quantitative estimate of drug-likeness (QED) is 0.896. The normalized spacial score (nSPS) is 26.5. The Bertz CT molecular complexity index is 559. The molecule has 1 aromatic carbocycles. The summed E-state index contributed by atoms with van der Waals surface area (Å²) in [4.78, 5) is 12.6. The summed E-state index contributed by atoms with van der Waals surface area (Å²) in [5, 5.41) is 6.52. The summed E-state index contributed by atoms with van der Waals surface area (Å²) in [7, 11) is 0. The highest BCUT2D eigenvalue weighted by atomic mass is 32.2. The number of benzene rings is 1. The Balaban J connectivity index is 1.69. The third kappa shape index (κ3) is 2.77. The van der Waals surface area contributed by atoms with Gasteiger partial charge in [0, 0.05) is 28.6 Å². The van der Waals surface area contributed by atoms with E-state index in [2.05, 4.69) is 36.6 Å². The summed E-state index contributed by atoms with van der Waals surface area (Å²) < 4.78 is 5.77. The van der Waals surface area contributed by atoms with Crippen molar-refractivity contribution in [1.29, 1.82) is 0 Å². The Morgan fingerprint density at radius 2 is 2.29 bits per heavy atom. The molecule has 1 heterocycles. The molecule has 1 amide bonds. The zero-order valence-electron chi connectivity index (χ0n) is 12.7. The Labute approximate surface area is 130 Å². The molecule has 1 aromatic rings. The standard InChI is InChI=1S/C16H22N2O2S/c1-4-20-14-8-13(16(14,2)3)17-10-5-6-12-11(7-10)18-15(19)9-21-12/h5-7,13-14,17H,4,8-9H2,1-3H3,(H,18,19). The van der Waals surface area contributed by atoms with Crippen LogP contribution >= 0.6 is 11.8 Å². The molecule has 2 atom stereocenters. The highest BCUT2D eigenvalue weighted by Crippen LogP contribution is 2.45. The smallest absolute Gasteiger partial charge is 0.234 e. The minimum atomic E-state index is 0.0741. The van der Waals surface area contributed by atoms with E-state index in [1.165, 1.54) is 0 Å². The van der Waals surface area contributed by atoms with Gasteiger partial charge in [0.15, 0.2) is 0 Å². The largest absolute Gasteiger partial charge is 0.382 e. The number of hydrogen-bond acceptors (Lipinski definition) is 4. The number of amides is 1. The van der Waals surface area contributed by atoms with Crippen LogP contribution in [0.1, 0.15) is 27.2 Å². The van der Waals surface area contributed by atoms with Crippen LogP contribution in [0.25, 0.3) is 0 Å². The van der Waals surface area contributed by atoms with E-state index in [4.69, 9.17) is 4.74 Å². The summed E-state index contributed by atoms with van der Waals surface area (Å²) in [6.07, 6.45) is 1.35. The number of rotatable bonds is 4. The number of ether oxygens (including phenoxy) is 1. The molecule has 2 unspecified atom stereocenters. The molecule has 1 fully saturated rings. The minimum Gasteiger partial charge on any atom is -0.382 e. The summed E-state index contributed by atoms with van der Waals surface area (Å²) in [6, 6.07) is 6.60. The highest BCUT2D eigenvalue weighted by molar-refractivity contribution is 8.00. The third-order valence-corrected chi connectivity index (χ3v) is 5.57. The molecule has 21 heavy (non-hydrogen) atoms. The Kier molecular flexibility index (Phi) is 3.88. The van der Waals surface area contributed by atoms with Gasteiger partial charge in [0.1, 0.15) is 0 Å². The van der Waals surface area contributed by atoms with Crippen LogP contribution in [-0.2, 0) is 9.53 Å². The Morgan fingerprint density at radius 3 is 3.00 bits per heavy atom. The second-order valence-electron chi connectivity index (χ2n) is 6.25. The van der Waals surface area contributed by atoms with Gasteiger partial charge in [-0.2, -0.15) is 0 Å². The molecule has 2 N–H and O–H groups in total. The number of thioether (sulfide) groups is 1. The van der Waals surface area contributed by atoms with Crippen molar-refractivity contribution >= 4 is 29.0 Å². The first-order valence-electron chi connectivity index (χ1n) is 7.45. The van der Waals surface area contributed by atoms with Crippen molar-refractivity contribution in [1.82, 2.24) is 0 Å². The van der Waals surface area contributed by atoms with Crippen LogP contribution in [-0.4, -0.2) is 30.4 Å². The van der Waals surface area contributed by atoms with Gasteiger partial charge in [-0.3, -0.25) is 4.79 Å². The molecule has 1 aliphatic carbocycles. The van der Waals surface area contributed by atoms with E-state index in [9.17, 15) is 4.79 Å². The molecule has 0 radical (unpaired) electrons. The maximum Gasteiger partial charge on any atom is 0.234 e. The van der Waals surface area contributed by atoms with Crippen molar-refractivity contribution in [3.05, 3.63) is 18.2 Å². The van der Waals surface area contributed by atoms with E-state index in [1.807, 2.05) is 13.0 Å². The SMILES string of the molecule is CCOC1CC(Nc2ccc3c(c2)NC(=O)CS3)C1(C)C. The number of hydrogen-bond donors (Lipinski definition) is 2. The van der Waals surface area contributed by atoms with Gasteiger partial charge in [-0.1, -0.05) is 13.8 Å². The lowest BCUT2D eigenvalue weighted by molar-refractivity contribution is -0.113. The van der Waals surface area contributed by atoms with Crippen LogP contribution in [0, 0.1) is 5.41 Å². The summed E-state index contributed by atoms with van der Waals surface area (Å²) >= 11 is 1.59. The van der Waals surface area contributed by atoms with Crippen LogP contribution in [0.2, 0.25) is 0 Å². The third-order valence-electron chi connectivity index (χ3n) is 4.50. The molecule has 0 spiro atoms. The first-order chi connectivity index (χ1) is 10.0. The van der Waals surface area contributed by atoms with Crippen molar-refractivity contribution < 1.29 is 9.53 Å². The fourth-order valence-electron chi connectivity index (χ4n) is 2.99. The molecule has 0 aromatic heterocycles. The van der Waals surface area contributed by atoms with Crippen molar-refractivity contribution in [2.75, 3.05) is 23.0 Å². The first-order valence-corrected chi connectivity index (χ1v) is 8.44. The van der Waals surface area contributed by atoms with Crippen LogP contribution in [0.4, 0.5) is 11.4 Å². The van der Waals surface area contributed by atoms with E-state index in [1.54, 1.807) is 11.8 Å². The molecule has 4 nitrogen and oxygen atoms in total. The second kappa shape index (κ2) is 5.54. The molecular formula is C16H22N2O2S. The minimum absolute atomic E-state index is 0.0741. The first kappa shape index (κ1) is 14.7. The maximum atomic E-state index is 11.5. The number of carbonyl (C=O) groups excluding carboxylic acids is 1. The zero-order chi connectivity index (χ0) is 15.0. The molecule has 2 aliphatic rings. The molecule has 3 rings (SSSR count). The van der Waals surface area contributed by atoms with Gasteiger partial charge in [0.25, 0.3) is 0 Å². The molecule has 5 heteroatoms. The summed E-state index contributed by atoms with van der Waals surface area (Å²) in [6.45, 7) is 7.29. The Hall–Kier alpha value is -1.20. The monoisotopic (exact) mass is 306 g/mol. The highest BCUT2D eigenvalue weighted by Gasteiger charge is 2.48. The number of fused-ring (bicyclic) bond motifs is 1. The zero-order valence-corrected chi connectivity index (χ0v) is 13.5. The van der Waals surface area contributed by atoms with E-state index < -0.39 is 0 Å². The molecular weight excluding hydrogens is 284 g/mol. The van der Waals surface area contributed by atoms with Gasteiger partial charge in [0.05, 0.1) is 17.5 Å². The number of nitrogens with one attached hydrogen (secondary N) is 2. The molecule has 0 bridgehead atoms. The van der Waals surface area contributed by atoms with Crippen LogP contribution in [0.5, 0.6) is 0 Å². The Morgan fingerprint density at radius 1 is 1.48 bits per heavy atom. The molecule has 1 aliphatic heterocycles. The fraction of sp³-hybridized carbons (Fsp3) is 0.562. The van der Waals surface area contributed by atoms with Crippen molar-refractivity contribution in [2.24, 2.45) is 5.41 Å². The van der Waals surface area contributed by atoms with Crippen LogP contribution in [0.15, 0.2) is 23.1 Å².